The number of pyridine rings is 1. The molecule has 0 aliphatic heterocycles. The SMILES string of the molecule is O=C(COc1ccccc1Cl)Nc1ccnc(C(=O)O)c1. The van der Waals surface area contributed by atoms with Crippen LogP contribution in [0.1, 0.15) is 10.5 Å². The van der Waals surface area contributed by atoms with E-state index in [4.69, 9.17) is 21.4 Å². The monoisotopic (exact) mass is 306 g/mol. The maximum Gasteiger partial charge on any atom is 0.354 e. The molecule has 0 saturated carbocycles. The molecule has 0 fully saturated rings. The van der Waals surface area contributed by atoms with E-state index in [-0.39, 0.29) is 12.3 Å². The lowest BCUT2D eigenvalue weighted by Gasteiger charge is -2.08. The summed E-state index contributed by atoms with van der Waals surface area (Å²) in [6.07, 6.45) is 1.30. The summed E-state index contributed by atoms with van der Waals surface area (Å²) in [6, 6.07) is 9.53. The number of carboxylic acids is 1. The summed E-state index contributed by atoms with van der Waals surface area (Å²) in [5, 5.41) is 11.7. The average molecular weight is 307 g/mol. The summed E-state index contributed by atoms with van der Waals surface area (Å²) >= 11 is 5.89. The Balaban J connectivity index is 1.95. The van der Waals surface area contributed by atoms with E-state index in [0.717, 1.165) is 0 Å². The van der Waals surface area contributed by atoms with Crippen LogP contribution in [0.15, 0.2) is 42.6 Å². The normalized spacial score (nSPS) is 9.95. The van der Waals surface area contributed by atoms with Gasteiger partial charge in [0.1, 0.15) is 11.4 Å². The van der Waals surface area contributed by atoms with Crippen molar-refractivity contribution in [2.45, 2.75) is 0 Å². The summed E-state index contributed by atoms with van der Waals surface area (Å²) in [5.41, 5.74) is 0.176. The van der Waals surface area contributed by atoms with Gasteiger partial charge in [0, 0.05) is 11.9 Å². The average Bonchev–Trinajstić information content (AvgIpc) is 2.46. The quantitative estimate of drug-likeness (QED) is 0.885. The van der Waals surface area contributed by atoms with Gasteiger partial charge in [-0.3, -0.25) is 4.79 Å². The first-order valence-corrected chi connectivity index (χ1v) is 6.30. The van der Waals surface area contributed by atoms with E-state index in [2.05, 4.69) is 10.3 Å². The molecular weight excluding hydrogens is 296 g/mol. The van der Waals surface area contributed by atoms with Crippen molar-refractivity contribution in [3.63, 3.8) is 0 Å². The maximum atomic E-state index is 11.7. The Morgan fingerprint density at radius 2 is 2.05 bits per heavy atom. The molecule has 1 aromatic carbocycles. The van der Waals surface area contributed by atoms with Gasteiger partial charge in [0.2, 0.25) is 0 Å². The number of amides is 1. The van der Waals surface area contributed by atoms with Gasteiger partial charge < -0.3 is 15.2 Å². The molecule has 0 aliphatic rings. The zero-order valence-corrected chi connectivity index (χ0v) is 11.5. The number of carboxylic acid groups (broad SMARTS) is 1. The second kappa shape index (κ2) is 6.71. The van der Waals surface area contributed by atoms with Crippen LogP contribution in [0.5, 0.6) is 5.75 Å². The summed E-state index contributed by atoms with van der Waals surface area (Å²) in [6.45, 7) is -0.242. The topological polar surface area (TPSA) is 88.5 Å². The number of ether oxygens (including phenoxy) is 1. The Morgan fingerprint density at radius 1 is 1.29 bits per heavy atom. The second-order valence-corrected chi connectivity index (χ2v) is 4.41. The minimum Gasteiger partial charge on any atom is -0.482 e. The van der Waals surface area contributed by atoms with Gasteiger partial charge in [-0.2, -0.15) is 0 Å². The molecule has 0 aliphatic carbocycles. The van der Waals surface area contributed by atoms with Gasteiger partial charge in [-0.05, 0) is 24.3 Å². The van der Waals surface area contributed by atoms with Gasteiger partial charge >= 0.3 is 5.97 Å². The van der Waals surface area contributed by atoms with Crippen LogP contribution in [0, 0.1) is 0 Å². The van der Waals surface area contributed by atoms with E-state index < -0.39 is 11.9 Å². The first-order valence-electron chi connectivity index (χ1n) is 5.93. The molecule has 0 spiro atoms. The standard InChI is InChI=1S/C14H11ClN2O4/c15-10-3-1-2-4-12(10)21-8-13(18)17-9-5-6-16-11(7-9)14(19)20/h1-7H,8H2,(H,19,20)(H,16,17,18). The van der Waals surface area contributed by atoms with Crippen molar-refractivity contribution < 1.29 is 19.4 Å². The Labute approximate surface area is 125 Å². The van der Waals surface area contributed by atoms with Crippen LogP contribution in [0.4, 0.5) is 5.69 Å². The molecule has 0 saturated heterocycles. The van der Waals surface area contributed by atoms with E-state index in [0.29, 0.717) is 16.5 Å². The molecule has 6 nitrogen and oxygen atoms in total. The summed E-state index contributed by atoms with van der Waals surface area (Å²) in [5.74, 6) is -1.20. The number of halogens is 1. The molecule has 0 bridgehead atoms. The molecule has 21 heavy (non-hydrogen) atoms. The van der Waals surface area contributed by atoms with Crippen LogP contribution in [0.3, 0.4) is 0 Å². The Kier molecular flexibility index (Phi) is 4.73. The number of rotatable bonds is 5. The fourth-order valence-electron chi connectivity index (χ4n) is 1.53. The number of para-hydroxylation sites is 1. The molecule has 2 rings (SSSR count). The van der Waals surface area contributed by atoms with Gasteiger partial charge in [-0.15, -0.1) is 0 Å². The highest BCUT2D eigenvalue weighted by molar-refractivity contribution is 6.32. The number of hydrogen-bond acceptors (Lipinski definition) is 4. The molecule has 7 heteroatoms. The molecule has 108 valence electrons. The van der Waals surface area contributed by atoms with Crippen molar-refractivity contribution in [2.24, 2.45) is 0 Å². The Morgan fingerprint density at radius 3 is 2.76 bits per heavy atom. The Hall–Kier alpha value is -2.60. The molecule has 0 unspecified atom stereocenters. The van der Waals surface area contributed by atoms with E-state index in [1.807, 2.05) is 0 Å². The van der Waals surface area contributed by atoms with Gasteiger partial charge in [0.15, 0.2) is 6.61 Å². The molecule has 2 aromatic rings. The molecule has 1 amide bonds. The van der Waals surface area contributed by atoms with E-state index in [1.165, 1.54) is 18.3 Å². The predicted molar refractivity (Wildman–Crippen MR) is 76.8 cm³/mol. The predicted octanol–water partition coefficient (Wildman–Crippen LogP) is 2.45. The number of anilines is 1. The van der Waals surface area contributed by atoms with Crippen molar-refractivity contribution in [1.29, 1.82) is 0 Å². The largest absolute Gasteiger partial charge is 0.482 e. The van der Waals surface area contributed by atoms with Gasteiger partial charge in [0.25, 0.3) is 5.91 Å². The first kappa shape index (κ1) is 14.8. The fourth-order valence-corrected chi connectivity index (χ4v) is 1.72. The van der Waals surface area contributed by atoms with Gasteiger partial charge in [0.05, 0.1) is 5.02 Å². The van der Waals surface area contributed by atoms with Crippen LogP contribution in [-0.2, 0) is 4.79 Å². The van der Waals surface area contributed by atoms with Gasteiger partial charge in [-0.1, -0.05) is 23.7 Å². The summed E-state index contributed by atoms with van der Waals surface area (Å²) in [7, 11) is 0. The maximum absolute atomic E-state index is 11.7. The summed E-state index contributed by atoms with van der Waals surface area (Å²) in [4.78, 5) is 26.2. The van der Waals surface area contributed by atoms with Crippen molar-refractivity contribution in [3.05, 3.63) is 53.3 Å². The number of nitrogens with zero attached hydrogens (tertiary/aromatic N) is 1. The number of nitrogens with one attached hydrogen (secondary N) is 1. The smallest absolute Gasteiger partial charge is 0.354 e. The number of carbonyl (C=O) groups is 2. The highest BCUT2D eigenvalue weighted by Crippen LogP contribution is 2.22. The molecule has 1 aromatic heterocycles. The minimum absolute atomic E-state index is 0.153. The number of aromatic nitrogens is 1. The summed E-state index contributed by atoms with van der Waals surface area (Å²) < 4.78 is 5.27. The third-order valence-electron chi connectivity index (χ3n) is 2.46. The van der Waals surface area contributed by atoms with Crippen molar-refractivity contribution in [3.8, 4) is 5.75 Å². The number of benzene rings is 1. The molecule has 2 N–H and O–H groups in total. The fraction of sp³-hybridized carbons (Fsp3) is 0.0714. The van der Waals surface area contributed by atoms with Crippen LogP contribution < -0.4 is 10.1 Å². The van der Waals surface area contributed by atoms with Crippen molar-refractivity contribution in [1.82, 2.24) is 4.98 Å². The number of aromatic carboxylic acids is 1. The van der Waals surface area contributed by atoms with E-state index in [9.17, 15) is 9.59 Å². The lowest BCUT2D eigenvalue weighted by atomic mass is 10.3. The third-order valence-corrected chi connectivity index (χ3v) is 2.77. The van der Waals surface area contributed by atoms with Crippen molar-refractivity contribution >= 4 is 29.2 Å². The van der Waals surface area contributed by atoms with Crippen LogP contribution in [0.25, 0.3) is 0 Å². The van der Waals surface area contributed by atoms with E-state index in [1.54, 1.807) is 24.3 Å². The van der Waals surface area contributed by atoms with Crippen molar-refractivity contribution in [2.75, 3.05) is 11.9 Å². The lowest BCUT2D eigenvalue weighted by molar-refractivity contribution is -0.118. The molecular formula is C14H11ClN2O4. The highest BCUT2D eigenvalue weighted by Gasteiger charge is 2.09. The van der Waals surface area contributed by atoms with Crippen LogP contribution in [0.2, 0.25) is 5.02 Å². The molecule has 0 atom stereocenters. The Bertz CT molecular complexity index is 676. The minimum atomic E-state index is -1.17. The van der Waals surface area contributed by atoms with Crippen LogP contribution in [-0.4, -0.2) is 28.6 Å². The zero-order valence-electron chi connectivity index (χ0n) is 10.7. The van der Waals surface area contributed by atoms with Gasteiger partial charge in [-0.25, -0.2) is 9.78 Å². The number of hydrogen-bond donors (Lipinski definition) is 2. The van der Waals surface area contributed by atoms with E-state index >= 15 is 0 Å². The lowest BCUT2D eigenvalue weighted by Crippen LogP contribution is -2.20. The second-order valence-electron chi connectivity index (χ2n) is 4.00. The number of carbonyl (C=O) groups excluding carboxylic acids is 1. The first-order chi connectivity index (χ1) is 10.1. The van der Waals surface area contributed by atoms with Crippen LogP contribution >= 0.6 is 11.6 Å². The third kappa shape index (κ3) is 4.19. The molecule has 1 heterocycles. The zero-order chi connectivity index (χ0) is 15.2. The highest BCUT2D eigenvalue weighted by atomic mass is 35.5. The molecule has 0 radical (unpaired) electrons.